The largest absolute Gasteiger partial charge is 0.463 e. The number of rotatable bonds is 4. The number of aromatic nitrogens is 6. The molecule has 1 unspecified atom stereocenters. The van der Waals surface area contributed by atoms with Gasteiger partial charge in [0, 0.05) is 36.9 Å². The minimum atomic E-state index is 0.366. The number of furan rings is 1. The summed E-state index contributed by atoms with van der Waals surface area (Å²) in [5.41, 5.74) is 0.838. The Kier molecular flexibility index (Phi) is 3.80. The summed E-state index contributed by atoms with van der Waals surface area (Å²) in [6, 6.07) is 6.03. The maximum absolute atomic E-state index is 5.53. The monoisotopic (exact) mass is 408 g/mol. The van der Waals surface area contributed by atoms with Gasteiger partial charge in [0.2, 0.25) is 11.1 Å². The fourth-order valence-electron chi connectivity index (χ4n) is 4.64. The lowest BCUT2D eigenvalue weighted by Gasteiger charge is -2.37. The maximum Gasteiger partial charge on any atom is 0.254 e. The molecule has 2 bridgehead atoms. The van der Waals surface area contributed by atoms with Gasteiger partial charge in [-0.05, 0) is 49.8 Å². The van der Waals surface area contributed by atoms with E-state index in [1.807, 2.05) is 25.1 Å². The molecule has 4 aromatic rings. The molecule has 4 aromatic heterocycles. The van der Waals surface area contributed by atoms with Gasteiger partial charge in [0.25, 0.3) is 5.78 Å². The number of hydrogen-bond donors (Lipinski definition) is 1. The van der Waals surface area contributed by atoms with Crippen LogP contribution in [0.4, 0.5) is 11.1 Å². The van der Waals surface area contributed by atoms with Crippen LogP contribution in [-0.2, 0) is 0 Å². The Balaban J connectivity index is 1.25. The zero-order valence-corrected chi connectivity index (χ0v) is 16.7. The van der Waals surface area contributed by atoms with E-state index in [4.69, 9.17) is 4.42 Å². The Morgan fingerprint density at radius 3 is 2.76 bits per heavy atom. The number of hydrogen-bond acceptors (Lipinski definition) is 9. The minimum absolute atomic E-state index is 0.366. The highest BCUT2D eigenvalue weighted by molar-refractivity contribution is 7.09. The average Bonchev–Trinajstić information content (AvgIpc) is 3.49. The summed E-state index contributed by atoms with van der Waals surface area (Å²) in [6.45, 7) is 3.93. The lowest BCUT2D eigenvalue weighted by atomic mass is 9.92. The van der Waals surface area contributed by atoms with Crippen LogP contribution in [0.2, 0.25) is 0 Å². The van der Waals surface area contributed by atoms with Gasteiger partial charge in [0.1, 0.15) is 11.5 Å². The molecule has 2 aliphatic rings. The number of anilines is 2. The molecule has 5 heterocycles. The molecule has 148 valence electrons. The first kappa shape index (κ1) is 16.9. The third kappa shape index (κ3) is 2.86. The predicted molar refractivity (Wildman–Crippen MR) is 109 cm³/mol. The van der Waals surface area contributed by atoms with Crippen molar-refractivity contribution in [2.24, 2.45) is 11.8 Å². The Labute approximate surface area is 171 Å². The second-order valence-electron chi connectivity index (χ2n) is 7.75. The average molecular weight is 408 g/mol. The molecule has 1 N–H and O–H groups in total. The molecule has 10 heteroatoms. The molecule has 0 radical (unpaired) electrons. The fourth-order valence-corrected chi connectivity index (χ4v) is 5.34. The molecule has 29 heavy (non-hydrogen) atoms. The number of aryl methyl sites for hydroxylation is 1. The standard InChI is InChI=1S/C19H20N8OS/c1-11-21-19(29-25-11)26-9-12-4-5-13(10-26)16(12)22-17-23-18-20-7-6-14(27(18)24-17)15-3-2-8-28-15/h2-3,6-8,12-13,16H,4-5,9-10H2,1H3,(H,22,24)/t12-,13+,16?. The van der Waals surface area contributed by atoms with Gasteiger partial charge < -0.3 is 14.6 Å². The minimum Gasteiger partial charge on any atom is -0.463 e. The van der Waals surface area contributed by atoms with E-state index < -0.39 is 0 Å². The molecular weight excluding hydrogens is 388 g/mol. The van der Waals surface area contributed by atoms with Gasteiger partial charge >= 0.3 is 0 Å². The number of nitrogens with one attached hydrogen (secondary N) is 1. The van der Waals surface area contributed by atoms with Gasteiger partial charge in [-0.1, -0.05) is 0 Å². The van der Waals surface area contributed by atoms with E-state index in [9.17, 15) is 0 Å². The smallest absolute Gasteiger partial charge is 0.254 e. The number of piperidine rings is 1. The van der Waals surface area contributed by atoms with E-state index in [1.54, 1.807) is 17.0 Å². The molecule has 1 aliphatic carbocycles. The van der Waals surface area contributed by atoms with Crippen molar-refractivity contribution in [1.82, 2.24) is 28.9 Å². The summed E-state index contributed by atoms with van der Waals surface area (Å²) in [6.07, 6.45) is 5.81. The van der Waals surface area contributed by atoms with Crippen molar-refractivity contribution in [2.45, 2.75) is 25.8 Å². The summed E-state index contributed by atoms with van der Waals surface area (Å²) >= 11 is 1.50. The second-order valence-corrected chi connectivity index (χ2v) is 8.48. The van der Waals surface area contributed by atoms with Gasteiger partial charge in [0.05, 0.1) is 6.26 Å². The van der Waals surface area contributed by atoms with E-state index in [1.165, 1.54) is 24.4 Å². The quantitative estimate of drug-likeness (QED) is 0.551. The summed E-state index contributed by atoms with van der Waals surface area (Å²) in [4.78, 5) is 15.9. The van der Waals surface area contributed by atoms with Crippen molar-refractivity contribution < 1.29 is 4.42 Å². The van der Waals surface area contributed by atoms with Crippen molar-refractivity contribution >= 4 is 28.4 Å². The van der Waals surface area contributed by atoms with Crippen molar-refractivity contribution in [3.63, 3.8) is 0 Å². The molecule has 1 saturated heterocycles. The van der Waals surface area contributed by atoms with Crippen molar-refractivity contribution in [2.75, 3.05) is 23.3 Å². The maximum atomic E-state index is 5.53. The molecule has 2 fully saturated rings. The summed E-state index contributed by atoms with van der Waals surface area (Å²) in [5.74, 6) is 3.87. The van der Waals surface area contributed by atoms with Crippen molar-refractivity contribution in [3.8, 4) is 11.5 Å². The first-order chi connectivity index (χ1) is 14.2. The molecule has 0 aromatic carbocycles. The van der Waals surface area contributed by atoms with Crippen LogP contribution in [0.25, 0.3) is 17.2 Å². The summed E-state index contributed by atoms with van der Waals surface area (Å²) < 4.78 is 11.6. The van der Waals surface area contributed by atoms with Crippen LogP contribution in [0, 0.1) is 18.8 Å². The van der Waals surface area contributed by atoms with Crippen LogP contribution in [0.1, 0.15) is 18.7 Å². The first-order valence-electron chi connectivity index (χ1n) is 9.82. The lowest BCUT2D eigenvalue weighted by Crippen LogP contribution is -2.48. The lowest BCUT2D eigenvalue weighted by molar-refractivity contribution is 0.376. The van der Waals surface area contributed by atoms with Gasteiger partial charge in [-0.15, -0.1) is 5.10 Å². The molecule has 0 spiro atoms. The SMILES string of the molecule is Cc1nsc(N2C[C@H]3CC[C@@H](C2)C3Nc2nc3nccc(-c4ccco4)n3n2)n1. The van der Waals surface area contributed by atoms with E-state index in [-0.39, 0.29) is 0 Å². The molecular formula is C19H20N8OS. The Morgan fingerprint density at radius 1 is 1.17 bits per heavy atom. The van der Waals surface area contributed by atoms with E-state index in [2.05, 4.69) is 34.6 Å². The molecule has 9 nitrogen and oxygen atoms in total. The highest BCUT2D eigenvalue weighted by Gasteiger charge is 2.43. The molecule has 6 rings (SSSR count). The van der Waals surface area contributed by atoms with E-state index in [0.717, 1.165) is 35.5 Å². The van der Waals surface area contributed by atoms with Gasteiger partial charge in [0.15, 0.2) is 5.76 Å². The van der Waals surface area contributed by atoms with Crippen LogP contribution >= 0.6 is 11.5 Å². The third-order valence-corrected chi connectivity index (χ3v) is 6.80. The molecule has 1 saturated carbocycles. The normalized spacial score (nSPS) is 23.8. The summed E-state index contributed by atoms with van der Waals surface area (Å²) in [5, 5.41) is 9.33. The topological polar surface area (TPSA) is 97.3 Å². The molecule has 0 amide bonds. The Morgan fingerprint density at radius 2 is 2.03 bits per heavy atom. The van der Waals surface area contributed by atoms with Crippen LogP contribution < -0.4 is 10.2 Å². The molecule has 3 atom stereocenters. The van der Waals surface area contributed by atoms with Gasteiger partial charge in [-0.3, -0.25) is 0 Å². The fraction of sp³-hybridized carbons (Fsp3) is 0.421. The zero-order valence-electron chi connectivity index (χ0n) is 15.9. The molecule has 1 aliphatic heterocycles. The predicted octanol–water partition coefficient (Wildman–Crippen LogP) is 2.87. The van der Waals surface area contributed by atoms with E-state index in [0.29, 0.717) is 29.6 Å². The zero-order chi connectivity index (χ0) is 19.4. The van der Waals surface area contributed by atoms with E-state index >= 15 is 0 Å². The van der Waals surface area contributed by atoms with Crippen molar-refractivity contribution in [1.29, 1.82) is 0 Å². The second kappa shape index (κ2) is 6.51. The van der Waals surface area contributed by atoms with Gasteiger partial charge in [-0.25, -0.2) is 9.97 Å². The van der Waals surface area contributed by atoms with Gasteiger partial charge in [-0.2, -0.15) is 13.9 Å². The number of fused-ring (bicyclic) bond motifs is 3. The number of nitrogens with zero attached hydrogens (tertiary/aromatic N) is 7. The highest BCUT2D eigenvalue weighted by atomic mass is 32.1. The Bertz CT molecular complexity index is 1140. The third-order valence-electron chi connectivity index (χ3n) is 5.93. The first-order valence-corrected chi connectivity index (χ1v) is 10.6. The van der Waals surface area contributed by atoms with Crippen LogP contribution in [0.3, 0.4) is 0 Å². The summed E-state index contributed by atoms with van der Waals surface area (Å²) in [7, 11) is 0. The van der Waals surface area contributed by atoms with Crippen LogP contribution in [0.15, 0.2) is 35.1 Å². The Hall–Kier alpha value is -3.01. The van der Waals surface area contributed by atoms with Crippen LogP contribution in [0.5, 0.6) is 0 Å². The van der Waals surface area contributed by atoms with Crippen LogP contribution in [-0.4, -0.2) is 48.1 Å². The highest BCUT2D eigenvalue weighted by Crippen LogP contribution is 2.40. The van der Waals surface area contributed by atoms with Crippen molar-refractivity contribution in [3.05, 3.63) is 36.5 Å².